The van der Waals surface area contributed by atoms with Gasteiger partial charge in [-0.25, -0.2) is 19.2 Å². The first kappa shape index (κ1) is 44.1. The Balaban J connectivity index is 1.72. The van der Waals surface area contributed by atoms with Gasteiger partial charge in [0.2, 0.25) is 0 Å². The molecule has 5 rings (SSSR count). The van der Waals surface area contributed by atoms with Gasteiger partial charge in [-0.1, -0.05) is 99.1 Å². The molecule has 8 nitrogen and oxygen atoms in total. The van der Waals surface area contributed by atoms with Crippen molar-refractivity contribution in [3.05, 3.63) is 201 Å². The van der Waals surface area contributed by atoms with Gasteiger partial charge in [-0.15, -0.1) is 0 Å². The Kier molecular flexibility index (Phi) is 13.7. The number of carbonyl (C=O) groups is 4. The molecule has 0 aromatic heterocycles. The van der Waals surface area contributed by atoms with Crippen LogP contribution >= 0.6 is 0 Å². The molecule has 0 bridgehead atoms. The fourth-order valence-electron chi connectivity index (χ4n) is 7.85. The van der Waals surface area contributed by atoms with Crippen LogP contribution in [-0.2, 0) is 19.2 Å². The highest BCUT2D eigenvalue weighted by Gasteiger charge is 2.26. The number of hydrogen-bond donors (Lipinski definition) is 0. The van der Waals surface area contributed by atoms with Crippen LogP contribution in [0.3, 0.4) is 0 Å². The summed E-state index contributed by atoms with van der Waals surface area (Å²) < 4.78 is 22.5. The van der Waals surface area contributed by atoms with Crippen molar-refractivity contribution in [2.45, 2.75) is 67.2 Å². The molecule has 5 aromatic rings. The minimum atomic E-state index is -0.540. The van der Waals surface area contributed by atoms with E-state index in [2.05, 4.69) is 50.6 Å². The fourth-order valence-corrected chi connectivity index (χ4v) is 7.85. The minimum Gasteiger partial charge on any atom is -0.423 e. The van der Waals surface area contributed by atoms with Crippen LogP contribution < -0.4 is 18.9 Å². The first-order valence-electron chi connectivity index (χ1n) is 19.4. The molecule has 0 aliphatic rings. The van der Waals surface area contributed by atoms with E-state index >= 15 is 0 Å². The Bertz CT molecular complexity index is 2150. The van der Waals surface area contributed by atoms with Crippen LogP contribution in [0.15, 0.2) is 123 Å². The number of benzene rings is 5. The summed E-state index contributed by atoms with van der Waals surface area (Å²) >= 11 is 0. The predicted octanol–water partition coefficient (Wildman–Crippen LogP) is 10.9. The van der Waals surface area contributed by atoms with E-state index in [1.807, 2.05) is 104 Å². The molecule has 0 atom stereocenters. The monoisotopic (exact) mass is 802 g/mol. The molecule has 0 unspecified atom stereocenters. The predicted molar refractivity (Wildman–Crippen MR) is 235 cm³/mol. The maximum atomic E-state index is 12.2. The van der Waals surface area contributed by atoms with Crippen molar-refractivity contribution in [2.75, 3.05) is 0 Å². The van der Waals surface area contributed by atoms with Crippen LogP contribution in [0.5, 0.6) is 23.0 Å². The number of carbonyl (C=O) groups excluding carboxylic acids is 4. The van der Waals surface area contributed by atoms with Gasteiger partial charge in [-0.2, -0.15) is 0 Å². The second-order valence-corrected chi connectivity index (χ2v) is 15.0. The minimum absolute atomic E-state index is 0.285. The quantitative estimate of drug-likeness (QED) is 0.0473. The highest BCUT2D eigenvalue weighted by Crippen LogP contribution is 2.42. The second-order valence-electron chi connectivity index (χ2n) is 15.0. The lowest BCUT2D eigenvalue weighted by atomic mass is 9.79. The molecule has 0 spiro atoms. The van der Waals surface area contributed by atoms with Crippen molar-refractivity contribution in [2.24, 2.45) is 0 Å². The number of rotatable bonds is 14. The van der Waals surface area contributed by atoms with Gasteiger partial charge in [0, 0.05) is 36.1 Å². The number of hydrogen-bond acceptors (Lipinski definition) is 8. The third-order valence-corrected chi connectivity index (χ3v) is 10.3. The standard InChI is InChI=1S/C52H50O8/c1-13-43(53)57-49-29(5)21-39(22-30(49)6)47(40-23-31(7)50(32(8)24-40)58-44(54)14-2)37-17-19-38(20-18-37)48(41-25-33(9)51(34(10)26-41)59-45(55)15-3)42-27-35(11)52(36(12)28-42)60-46(56)16-4/h13-28,47-48H,1-4H2,5-12H3. The van der Waals surface area contributed by atoms with Crippen LogP contribution in [0.4, 0.5) is 0 Å². The molecule has 306 valence electrons. The fraction of sp³-hybridized carbons (Fsp3) is 0.192. The zero-order chi connectivity index (χ0) is 44.0. The average molecular weight is 803 g/mol. The van der Waals surface area contributed by atoms with Crippen LogP contribution in [0.2, 0.25) is 0 Å². The molecule has 8 heteroatoms. The van der Waals surface area contributed by atoms with E-state index in [-0.39, 0.29) is 11.8 Å². The van der Waals surface area contributed by atoms with E-state index in [0.29, 0.717) is 23.0 Å². The molecule has 0 N–H and O–H groups in total. The van der Waals surface area contributed by atoms with Crippen LogP contribution in [0.25, 0.3) is 0 Å². The smallest absolute Gasteiger partial charge is 0.335 e. The van der Waals surface area contributed by atoms with Gasteiger partial charge in [0.25, 0.3) is 0 Å². The van der Waals surface area contributed by atoms with E-state index < -0.39 is 23.9 Å². The SMILES string of the molecule is C=CC(=O)Oc1c(C)cc(C(c2ccc(C(c3cc(C)c(OC(=O)C=C)c(C)c3)c3cc(C)c(OC(=O)C=C)c(C)c3)cc2)c2cc(C)c(OC(=O)C=C)c(C)c2)cc1C. The molecule has 0 aliphatic heterocycles. The summed E-state index contributed by atoms with van der Waals surface area (Å²) in [4.78, 5) is 48.9. The summed E-state index contributed by atoms with van der Waals surface area (Å²) in [6.45, 7) is 29.4. The first-order chi connectivity index (χ1) is 28.5. The van der Waals surface area contributed by atoms with Crippen LogP contribution in [0.1, 0.15) is 89.7 Å². The van der Waals surface area contributed by atoms with Gasteiger partial charge < -0.3 is 18.9 Å². The Hall–Kier alpha value is -7.06. The first-order valence-corrected chi connectivity index (χ1v) is 19.4. The summed E-state index contributed by atoms with van der Waals surface area (Å²) in [6.07, 6.45) is 4.56. The molecule has 0 amide bonds. The molecule has 5 aromatic carbocycles. The highest BCUT2D eigenvalue weighted by atomic mass is 16.5. The normalized spacial score (nSPS) is 10.8. The number of ether oxygens (including phenoxy) is 4. The molecule has 60 heavy (non-hydrogen) atoms. The van der Waals surface area contributed by atoms with Crippen molar-refractivity contribution < 1.29 is 38.1 Å². The van der Waals surface area contributed by atoms with Gasteiger partial charge in [-0.3, -0.25) is 0 Å². The van der Waals surface area contributed by atoms with Crippen LogP contribution in [-0.4, -0.2) is 23.9 Å². The third-order valence-electron chi connectivity index (χ3n) is 10.3. The average Bonchev–Trinajstić information content (AvgIpc) is 3.20. The molecule has 0 saturated heterocycles. The summed E-state index contributed by atoms with van der Waals surface area (Å²) in [5, 5.41) is 0. The van der Waals surface area contributed by atoms with Gasteiger partial charge >= 0.3 is 23.9 Å². The molecule has 0 aliphatic carbocycles. The Morgan fingerprint density at radius 3 is 0.667 bits per heavy atom. The molecular formula is C52H50O8. The zero-order valence-corrected chi connectivity index (χ0v) is 35.5. The lowest BCUT2D eigenvalue weighted by molar-refractivity contribution is -0.129. The summed E-state index contributed by atoms with van der Waals surface area (Å²) in [6, 6.07) is 24.6. The Labute approximate surface area is 352 Å². The topological polar surface area (TPSA) is 105 Å². The summed E-state index contributed by atoms with van der Waals surface area (Å²) in [7, 11) is 0. The Morgan fingerprint density at radius 2 is 0.517 bits per heavy atom. The number of esters is 4. The van der Waals surface area contributed by atoms with Crippen molar-refractivity contribution in [3.8, 4) is 23.0 Å². The molecule has 0 radical (unpaired) electrons. The lowest BCUT2D eigenvalue weighted by Gasteiger charge is -2.25. The molecular weight excluding hydrogens is 753 g/mol. The van der Waals surface area contributed by atoms with Crippen molar-refractivity contribution in [3.63, 3.8) is 0 Å². The third kappa shape index (κ3) is 9.62. The molecule has 0 fully saturated rings. The van der Waals surface area contributed by atoms with Gasteiger partial charge in [-0.05, 0) is 133 Å². The number of aryl methyl sites for hydroxylation is 8. The summed E-state index contributed by atoms with van der Waals surface area (Å²) in [5.74, 6) is -0.816. The maximum Gasteiger partial charge on any atom is 0.335 e. The van der Waals surface area contributed by atoms with Gasteiger partial charge in [0.05, 0.1) is 0 Å². The van der Waals surface area contributed by atoms with Crippen molar-refractivity contribution >= 4 is 23.9 Å². The maximum absolute atomic E-state index is 12.2. The molecule has 0 heterocycles. The largest absolute Gasteiger partial charge is 0.423 e. The second kappa shape index (κ2) is 18.7. The van der Waals surface area contributed by atoms with E-state index in [0.717, 1.165) is 102 Å². The lowest BCUT2D eigenvalue weighted by Crippen LogP contribution is -2.11. The van der Waals surface area contributed by atoms with E-state index in [4.69, 9.17) is 18.9 Å². The van der Waals surface area contributed by atoms with E-state index in [1.165, 1.54) is 0 Å². The van der Waals surface area contributed by atoms with Crippen LogP contribution in [0, 0.1) is 55.4 Å². The van der Waals surface area contributed by atoms with E-state index in [1.54, 1.807) is 0 Å². The molecule has 0 saturated carbocycles. The van der Waals surface area contributed by atoms with Gasteiger partial charge in [0.1, 0.15) is 23.0 Å². The van der Waals surface area contributed by atoms with E-state index in [9.17, 15) is 19.2 Å². The van der Waals surface area contributed by atoms with Crippen molar-refractivity contribution in [1.82, 2.24) is 0 Å². The Morgan fingerprint density at radius 1 is 0.350 bits per heavy atom. The van der Waals surface area contributed by atoms with Gasteiger partial charge in [0.15, 0.2) is 0 Å². The zero-order valence-electron chi connectivity index (χ0n) is 35.5. The highest BCUT2D eigenvalue weighted by molar-refractivity contribution is 5.85. The summed E-state index contributed by atoms with van der Waals surface area (Å²) in [5.41, 5.74) is 12.1. The van der Waals surface area contributed by atoms with Crippen molar-refractivity contribution in [1.29, 1.82) is 0 Å².